The lowest BCUT2D eigenvalue weighted by molar-refractivity contribution is -0.123. The van der Waals surface area contributed by atoms with Gasteiger partial charge in [-0.15, -0.1) is 11.8 Å². The lowest BCUT2D eigenvalue weighted by Crippen LogP contribution is -2.56. The summed E-state index contributed by atoms with van der Waals surface area (Å²) in [5.74, 6) is 2.78. The van der Waals surface area contributed by atoms with E-state index in [9.17, 15) is 4.79 Å². The van der Waals surface area contributed by atoms with Crippen molar-refractivity contribution in [3.05, 3.63) is 0 Å². The SMILES string of the molecule is CCC1CCCN(C(C)(C)CNC(=O)C2CSCN2)C1. The molecule has 2 N–H and O–H groups in total. The second kappa shape index (κ2) is 7.14. The van der Waals surface area contributed by atoms with Gasteiger partial charge >= 0.3 is 0 Å². The third-order valence-corrected chi connectivity index (χ3v) is 5.62. The van der Waals surface area contributed by atoms with E-state index in [4.69, 9.17) is 0 Å². The van der Waals surface area contributed by atoms with Crippen molar-refractivity contribution in [2.75, 3.05) is 31.3 Å². The minimum absolute atomic E-state index is 0.000506. The quantitative estimate of drug-likeness (QED) is 0.810. The molecule has 0 aromatic rings. The molecule has 1 amide bonds. The highest BCUT2D eigenvalue weighted by Gasteiger charge is 2.32. The van der Waals surface area contributed by atoms with E-state index < -0.39 is 0 Å². The summed E-state index contributed by atoms with van der Waals surface area (Å²) >= 11 is 1.79. The van der Waals surface area contributed by atoms with Crippen LogP contribution in [0.4, 0.5) is 0 Å². The molecule has 0 radical (unpaired) electrons. The molecule has 5 heteroatoms. The summed E-state index contributed by atoms with van der Waals surface area (Å²) in [6.45, 7) is 9.87. The van der Waals surface area contributed by atoms with Gasteiger partial charge in [0, 0.05) is 30.3 Å². The fourth-order valence-electron chi connectivity index (χ4n) is 3.05. The Kier molecular flexibility index (Phi) is 5.75. The highest BCUT2D eigenvalue weighted by molar-refractivity contribution is 7.99. The van der Waals surface area contributed by atoms with E-state index >= 15 is 0 Å². The van der Waals surface area contributed by atoms with E-state index in [1.807, 2.05) is 0 Å². The molecule has 20 heavy (non-hydrogen) atoms. The van der Waals surface area contributed by atoms with Crippen LogP contribution < -0.4 is 10.6 Å². The third-order valence-electron chi connectivity index (χ3n) is 4.68. The summed E-state index contributed by atoms with van der Waals surface area (Å²) in [5, 5.41) is 6.36. The second-order valence-electron chi connectivity index (χ2n) is 6.66. The van der Waals surface area contributed by atoms with Gasteiger partial charge in [0.05, 0.1) is 6.04 Å². The van der Waals surface area contributed by atoms with Gasteiger partial charge in [0.25, 0.3) is 0 Å². The predicted molar refractivity (Wildman–Crippen MR) is 85.9 cm³/mol. The van der Waals surface area contributed by atoms with Crippen LogP contribution in [0, 0.1) is 5.92 Å². The van der Waals surface area contributed by atoms with E-state index in [-0.39, 0.29) is 17.5 Å². The van der Waals surface area contributed by atoms with Gasteiger partial charge in [-0.05, 0) is 39.2 Å². The van der Waals surface area contributed by atoms with Crippen LogP contribution in [-0.4, -0.2) is 53.7 Å². The molecular weight excluding hydrogens is 270 g/mol. The number of hydrogen-bond donors (Lipinski definition) is 2. The number of likely N-dealkylation sites (tertiary alicyclic amines) is 1. The van der Waals surface area contributed by atoms with Crippen LogP contribution in [0.2, 0.25) is 0 Å². The number of rotatable bonds is 5. The molecule has 0 aliphatic carbocycles. The van der Waals surface area contributed by atoms with Crippen LogP contribution in [0.25, 0.3) is 0 Å². The smallest absolute Gasteiger partial charge is 0.238 e. The zero-order valence-corrected chi connectivity index (χ0v) is 13.9. The number of nitrogens with zero attached hydrogens (tertiary/aromatic N) is 1. The summed E-state index contributed by atoms with van der Waals surface area (Å²) in [4.78, 5) is 14.6. The van der Waals surface area contributed by atoms with Crippen LogP contribution in [0.1, 0.15) is 40.0 Å². The van der Waals surface area contributed by atoms with Gasteiger partial charge in [-0.1, -0.05) is 13.3 Å². The van der Waals surface area contributed by atoms with E-state index in [1.165, 1.54) is 25.8 Å². The number of piperidine rings is 1. The Bertz CT molecular complexity index is 329. The standard InChI is InChI=1S/C15H29N3OS/c1-4-12-6-5-7-18(8-12)15(2,3)10-16-14(19)13-9-20-11-17-13/h12-13,17H,4-11H2,1-3H3,(H,16,19). The molecule has 0 spiro atoms. The number of hydrogen-bond acceptors (Lipinski definition) is 4. The molecule has 2 rings (SSSR count). The van der Waals surface area contributed by atoms with Crippen LogP contribution in [0.5, 0.6) is 0 Å². The molecule has 4 nitrogen and oxygen atoms in total. The zero-order valence-electron chi connectivity index (χ0n) is 13.1. The Balaban J connectivity index is 1.81. The Labute approximate surface area is 127 Å². The van der Waals surface area contributed by atoms with E-state index in [0.717, 1.165) is 30.6 Å². The zero-order chi connectivity index (χ0) is 14.6. The van der Waals surface area contributed by atoms with Crippen molar-refractivity contribution in [2.24, 2.45) is 5.92 Å². The Morgan fingerprint density at radius 2 is 2.30 bits per heavy atom. The van der Waals surface area contributed by atoms with Gasteiger partial charge in [0.1, 0.15) is 0 Å². The highest BCUT2D eigenvalue weighted by atomic mass is 32.2. The topological polar surface area (TPSA) is 44.4 Å². The van der Waals surface area contributed by atoms with Crippen LogP contribution in [-0.2, 0) is 4.79 Å². The van der Waals surface area contributed by atoms with Crippen molar-refractivity contribution < 1.29 is 4.79 Å². The molecule has 2 unspecified atom stereocenters. The molecule has 0 saturated carbocycles. The Morgan fingerprint density at radius 1 is 1.50 bits per heavy atom. The average molecular weight is 299 g/mol. The van der Waals surface area contributed by atoms with Crippen molar-refractivity contribution in [1.29, 1.82) is 0 Å². The molecule has 2 fully saturated rings. The van der Waals surface area contributed by atoms with Crippen molar-refractivity contribution >= 4 is 17.7 Å². The minimum atomic E-state index is 0.000506. The van der Waals surface area contributed by atoms with Gasteiger partial charge < -0.3 is 5.32 Å². The predicted octanol–water partition coefficient (Wildman–Crippen LogP) is 1.67. The minimum Gasteiger partial charge on any atom is -0.353 e. The Hall–Kier alpha value is -0.260. The number of amides is 1. The first-order chi connectivity index (χ1) is 9.53. The van der Waals surface area contributed by atoms with Crippen LogP contribution >= 0.6 is 11.8 Å². The lowest BCUT2D eigenvalue weighted by atomic mass is 9.91. The summed E-state index contributed by atoms with van der Waals surface area (Å²) in [7, 11) is 0. The van der Waals surface area contributed by atoms with Gasteiger partial charge in [0.2, 0.25) is 5.91 Å². The monoisotopic (exact) mass is 299 g/mol. The van der Waals surface area contributed by atoms with Gasteiger partial charge in [-0.2, -0.15) is 0 Å². The van der Waals surface area contributed by atoms with Gasteiger partial charge in [-0.25, -0.2) is 0 Å². The number of carbonyl (C=O) groups excluding carboxylic acids is 1. The third kappa shape index (κ3) is 4.12. The Morgan fingerprint density at radius 3 is 2.95 bits per heavy atom. The average Bonchev–Trinajstić information content (AvgIpc) is 2.99. The normalized spacial score (nSPS) is 28.6. The first kappa shape index (κ1) is 16.1. The number of thioether (sulfide) groups is 1. The largest absolute Gasteiger partial charge is 0.353 e. The van der Waals surface area contributed by atoms with Crippen molar-refractivity contribution in [2.45, 2.75) is 51.6 Å². The van der Waals surface area contributed by atoms with Gasteiger partial charge in [-0.3, -0.25) is 15.0 Å². The van der Waals surface area contributed by atoms with Crippen LogP contribution in [0.3, 0.4) is 0 Å². The first-order valence-corrected chi connectivity index (χ1v) is 9.02. The molecule has 2 saturated heterocycles. The molecule has 2 aliphatic heterocycles. The number of carbonyl (C=O) groups is 1. The summed E-state index contributed by atoms with van der Waals surface area (Å²) < 4.78 is 0. The molecule has 2 heterocycles. The summed E-state index contributed by atoms with van der Waals surface area (Å²) in [6, 6.07) is 0.000506. The van der Waals surface area contributed by atoms with Crippen molar-refractivity contribution in [1.82, 2.24) is 15.5 Å². The molecule has 116 valence electrons. The fraction of sp³-hybridized carbons (Fsp3) is 0.933. The van der Waals surface area contributed by atoms with Gasteiger partial charge in [0.15, 0.2) is 0 Å². The maximum absolute atomic E-state index is 12.1. The molecule has 0 aromatic heterocycles. The summed E-state index contributed by atoms with van der Waals surface area (Å²) in [6.07, 6.45) is 3.91. The fourth-order valence-corrected chi connectivity index (χ4v) is 3.99. The molecule has 0 aromatic carbocycles. The maximum Gasteiger partial charge on any atom is 0.238 e. The molecular formula is C15H29N3OS. The number of nitrogens with one attached hydrogen (secondary N) is 2. The van der Waals surface area contributed by atoms with E-state index in [0.29, 0.717) is 0 Å². The van der Waals surface area contributed by atoms with Crippen LogP contribution in [0.15, 0.2) is 0 Å². The summed E-state index contributed by atoms with van der Waals surface area (Å²) in [5.41, 5.74) is 0.0508. The maximum atomic E-state index is 12.1. The van der Waals surface area contributed by atoms with E-state index in [2.05, 4.69) is 36.3 Å². The van der Waals surface area contributed by atoms with Crippen molar-refractivity contribution in [3.8, 4) is 0 Å². The highest BCUT2D eigenvalue weighted by Crippen LogP contribution is 2.25. The van der Waals surface area contributed by atoms with E-state index in [1.54, 1.807) is 11.8 Å². The molecule has 0 bridgehead atoms. The first-order valence-electron chi connectivity index (χ1n) is 7.87. The lowest BCUT2D eigenvalue weighted by Gasteiger charge is -2.43. The second-order valence-corrected chi connectivity index (χ2v) is 7.69. The van der Waals surface area contributed by atoms with Crippen molar-refractivity contribution in [3.63, 3.8) is 0 Å². The molecule has 2 atom stereocenters. The molecule has 2 aliphatic rings.